The summed E-state index contributed by atoms with van der Waals surface area (Å²) >= 11 is 0. The molecule has 2 aliphatic carbocycles. The molecule has 19 heavy (non-hydrogen) atoms. The van der Waals surface area contributed by atoms with Gasteiger partial charge in [-0.1, -0.05) is 58.3 Å². The highest BCUT2D eigenvalue weighted by Gasteiger charge is 2.44. The molecule has 0 aromatic carbocycles. The lowest BCUT2D eigenvalue weighted by molar-refractivity contribution is -0.126. The minimum atomic E-state index is 0.0524. The number of hydrogen-bond acceptors (Lipinski definition) is 1. The molecule has 110 valence electrons. The molecule has 0 N–H and O–H groups in total. The van der Waals surface area contributed by atoms with E-state index in [1.165, 1.54) is 89.8 Å². The maximum Gasteiger partial charge on any atom is 0.126 e. The van der Waals surface area contributed by atoms with E-state index in [0.29, 0.717) is 11.8 Å². The molecule has 0 aromatic heterocycles. The lowest BCUT2D eigenvalue weighted by Crippen LogP contribution is -2.41. The van der Waals surface area contributed by atoms with Crippen molar-refractivity contribution in [2.24, 2.45) is 17.3 Å². The molecular weight excluding hydrogens is 232 g/mol. The Bertz CT molecular complexity index is 241. The van der Waals surface area contributed by atoms with Crippen LogP contribution in [0.2, 0.25) is 0 Å². The van der Waals surface area contributed by atoms with Crippen LogP contribution >= 0.6 is 0 Å². The van der Waals surface area contributed by atoms with Crippen molar-refractivity contribution in [1.29, 1.82) is 0 Å². The average Bonchev–Trinajstić information content (AvgIpc) is 2.51. The number of carbonyl (C=O) groups excluding carboxylic acids is 1. The maximum atomic E-state index is 12.1. The Kier molecular flexibility index (Phi) is 5.91. The van der Waals surface area contributed by atoms with Crippen LogP contribution in [0, 0.1) is 17.3 Å². The third-order valence-corrected chi connectivity index (χ3v) is 5.91. The van der Waals surface area contributed by atoms with E-state index in [9.17, 15) is 4.79 Å². The predicted octanol–water partition coefficient (Wildman–Crippen LogP) is 5.52. The summed E-state index contributed by atoms with van der Waals surface area (Å²) in [6.07, 6.45) is 18.6. The minimum Gasteiger partial charge on any atom is -0.303 e. The molecule has 2 aliphatic rings. The van der Waals surface area contributed by atoms with Gasteiger partial charge in [0.1, 0.15) is 6.29 Å². The van der Waals surface area contributed by atoms with E-state index in [2.05, 4.69) is 6.92 Å². The third kappa shape index (κ3) is 3.41. The summed E-state index contributed by atoms with van der Waals surface area (Å²) in [5, 5.41) is 0. The van der Waals surface area contributed by atoms with Crippen molar-refractivity contribution in [3.63, 3.8) is 0 Å². The third-order valence-electron chi connectivity index (χ3n) is 5.91. The van der Waals surface area contributed by atoms with Gasteiger partial charge >= 0.3 is 0 Å². The van der Waals surface area contributed by atoms with Crippen LogP contribution < -0.4 is 0 Å². The van der Waals surface area contributed by atoms with Crippen LogP contribution in [0.25, 0.3) is 0 Å². The SMILES string of the molecule is CCCCC(C=O)(C1CCCCC1)C1CCCCC1. The number of hydrogen-bond donors (Lipinski definition) is 0. The second kappa shape index (κ2) is 7.45. The molecular formula is C18H32O. The first kappa shape index (κ1) is 15.1. The highest BCUT2D eigenvalue weighted by molar-refractivity contribution is 5.60. The van der Waals surface area contributed by atoms with Gasteiger partial charge in [0.25, 0.3) is 0 Å². The van der Waals surface area contributed by atoms with Crippen molar-refractivity contribution in [2.45, 2.75) is 90.4 Å². The monoisotopic (exact) mass is 264 g/mol. The smallest absolute Gasteiger partial charge is 0.126 e. The van der Waals surface area contributed by atoms with Gasteiger partial charge in [-0.2, -0.15) is 0 Å². The van der Waals surface area contributed by atoms with Gasteiger partial charge in [0.2, 0.25) is 0 Å². The fraction of sp³-hybridized carbons (Fsp3) is 0.944. The number of carbonyl (C=O) groups is 1. The van der Waals surface area contributed by atoms with Crippen molar-refractivity contribution >= 4 is 6.29 Å². The highest BCUT2D eigenvalue weighted by atomic mass is 16.1. The van der Waals surface area contributed by atoms with E-state index >= 15 is 0 Å². The molecule has 0 aromatic rings. The van der Waals surface area contributed by atoms with Gasteiger partial charge in [-0.05, 0) is 43.9 Å². The number of aldehydes is 1. The quantitative estimate of drug-likeness (QED) is 0.577. The normalized spacial score (nSPS) is 23.4. The minimum absolute atomic E-state index is 0.0524. The summed E-state index contributed by atoms with van der Waals surface area (Å²) in [6, 6.07) is 0. The van der Waals surface area contributed by atoms with Crippen LogP contribution in [0.15, 0.2) is 0 Å². The largest absolute Gasteiger partial charge is 0.303 e. The van der Waals surface area contributed by atoms with E-state index in [-0.39, 0.29) is 5.41 Å². The molecule has 0 spiro atoms. The standard InChI is InChI=1S/C18H32O/c1-2-3-14-18(15-19,16-10-6-4-7-11-16)17-12-8-5-9-13-17/h15-17H,2-14H2,1H3. The first-order chi connectivity index (χ1) is 9.33. The van der Waals surface area contributed by atoms with Crippen LogP contribution in [0.1, 0.15) is 90.4 Å². The zero-order valence-corrected chi connectivity index (χ0v) is 12.8. The number of rotatable bonds is 6. The van der Waals surface area contributed by atoms with E-state index in [1.54, 1.807) is 0 Å². The zero-order valence-electron chi connectivity index (χ0n) is 12.8. The Morgan fingerprint density at radius 2 is 1.37 bits per heavy atom. The Morgan fingerprint density at radius 1 is 0.895 bits per heavy atom. The Labute approximate surface area is 119 Å². The second-order valence-corrected chi connectivity index (χ2v) is 7.00. The lowest BCUT2D eigenvalue weighted by Gasteiger charge is -2.46. The lowest BCUT2D eigenvalue weighted by atomic mass is 9.57. The molecule has 2 rings (SSSR count). The van der Waals surface area contributed by atoms with Crippen LogP contribution in [0.4, 0.5) is 0 Å². The topological polar surface area (TPSA) is 17.1 Å². The summed E-state index contributed by atoms with van der Waals surface area (Å²) in [5.74, 6) is 1.40. The molecule has 0 saturated heterocycles. The fourth-order valence-corrected chi connectivity index (χ4v) is 4.76. The van der Waals surface area contributed by atoms with Gasteiger partial charge in [-0.3, -0.25) is 0 Å². The van der Waals surface area contributed by atoms with Crippen molar-refractivity contribution in [1.82, 2.24) is 0 Å². The van der Waals surface area contributed by atoms with Gasteiger partial charge in [0.05, 0.1) is 0 Å². The zero-order chi connectivity index (χ0) is 13.6. The van der Waals surface area contributed by atoms with Crippen molar-refractivity contribution in [3.05, 3.63) is 0 Å². The summed E-state index contributed by atoms with van der Waals surface area (Å²) < 4.78 is 0. The van der Waals surface area contributed by atoms with E-state index < -0.39 is 0 Å². The molecule has 0 aliphatic heterocycles. The molecule has 0 heterocycles. The molecule has 0 radical (unpaired) electrons. The molecule has 0 bridgehead atoms. The van der Waals surface area contributed by atoms with Gasteiger partial charge < -0.3 is 4.79 Å². The summed E-state index contributed by atoms with van der Waals surface area (Å²) in [6.45, 7) is 2.26. The molecule has 0 unspecified atom stereocenters. The van der Waals surface area contributed by atoms with E-state index in [4.69, 9.17) is 0 Å². The van der Waals surface area contributed by atoms with E-state index in [0.717, 1.165) is 0 Å². The van der Waals surface area contributed by atoms with Gasteiger partial charge in [-0.25, -0.2) is 0 Å². The Balaban J connectivity index is 2.14. The highest BCUT2D eigenvalue weighted by Crippen LogP contribution is 2.50. The Morgan fingerprint density at radius 3 is 1.74 bits per heavy atom. The van der Waals surface area contributed by atoms with E-state index in [1.807, 2.05) is 0 Å². The first-order valence-electron chi connectivity index (χ1n) is 8.80. The predicted molar refractivity (Wildman–Crippen MR) is 81.2 cm³/mol. The van der Waals surface area contributed by atoms with Crippen molar-refractivity contribution < 1.29 is 4.79 Å². The van der Waals surface area contributed by atoms with Crippen molar-refractivity contribution in [3.8, 4) is 0 Å². The van der Waals surface area contributed by atoms with Crippen LogP contribution in [-0.2, 0) is 4.79 Å². The number of unbranched alkanes of at least 4 members (excludes halogenated alkanes) is 1. The molecule has 1 nitrogen and oxygen atoms in total. The van der Waals surface area contributed by atoms with Gasteiger partial charge in [0, 0.05) is 5.41 Å². The molecule has 0 atom stereocenters. The molecule has 1 heteroatoms. The molecule has 0 amide bonds. The fourth-order valence-electron chi connectivity index (χ4n) is 4.76. The van der Waals surface area contributed by atoms with Crippen molar-refractivity contribution in [2.75, 3.05) is 0 Å². The average molecular weight is 264 g/mol. The van der Waals surface area contributed by atoms with Gasteiger partial charge in [0.15, 0.2) is 0 Å². The first-order valence-corrected chi connectivity index (χ1v) is 8.80. The van der Waals surface area contributed by atoms with Crippen LogP contribution in [0.5, 0.6) is 0 Å². The van der Waals surface area contributed by atoms with Crippen LogP contribution in [-0.4, -0.2) is 6.29 Å². The molecule has 2 saturated carbocycles. The summed E-state index contributed by atoms with van der Waals surface area (Å²) in [5.41, 5.74) is 0.0524. The summed E-state index contributed by atoms with van der Waals surface area (Å²) in [4.78, 5) is 12.1. The summed E-state index contributed by atoms with van der Waals surface area (Å²) in [7, 11) is 0. The van der Waals surface area contributed by atoms with Gasteiger partial charge in [-0.15, -0.1) is 0 Å². The maximum absolute atomic E-state index is 12.1. The second-order valence-electron chi connectivity index (χ2n) is 7.00. The molecule has 2 fully saturated rings. The Hall–Kier alpha value is -0.330. The van der Waals surface area contributed by atoms with Crippen LogP contribution in [0.3, 0.4) is 0 Å².